The maximum absolute atomic E-state index is 11.0. The molecule has 0 amide bonds. The van der Waals surface area contributed by atoms with Gasteiger partial charge in [-0.15, -0.1) is 0 Å². The van der Waals surface area contributed by atoms with Gasteiger partial charge in [0.1, 0.15) is 5.60 Å². The zero-order valence-corrected chi connectivity index (χ0v) is 8.84. The number of carbonyl (C=O) groups is 1. The van der Waals surface area contributed by atoms with E-state index in [0.29, 0.717) is 12.0 Å². The average molecular weight is 209 g/mol. The summed E-state index contributed by atoms with van der Waals surface area (Å²) in [6, 6.07) is 3.36. The predicted molar refractivity (Wildman–Crippen MR) is 55.2 cm³/mol. The van der Waals surface area contributed by atoms with Crippen LogP contribution in [0.2, 0.25) is 0 Å². The lowest BCUT2D eigenvalue weighted by Crippen LogP contribution is -2.36. The van der Waals surface area contributed by atoms with E-state index in [1.54, 1.807) is 25.3 Å². The Balaban J connectivity index is 3.05. The number of aromatic nitrogens is 1. The van der Waals surface area contributed by atoms with Crippen molar-refractivity contribution < 1.29 is 15.0 Å². The summed E-state index contributed by atoms with van der Waals surface area (Å²) in [5.74, 6) is -1.81. The minimum Gasteiger partial charge on any atom is -0.481 e. The van der Waals surface area contributed by atoms with Crippen molar-refractivity contribution in [2.45, 2.75) is 25.9 Å². The fraction of sp³-hybridized carbons (Fsp3) is 0.455. The highest BCUT2D eigenvalue weighted by Gasteiger charge is 2.37. The van der Waals surface area contributed by atoms with Crippen LogP contribution in [0.1, 0.15) is 25.8 Å². The Labute approximate surface area is 88.6 Å². The molecule has 0 spiro atoms. The molecular weight excluding hydrogens is 194 g/mol. The molecule has 2 unspecified atom stereocenters. The molecule has 0 fully saturated rings. The van der Waals surface area contributed by atoms with Gasteiger partial charge in [0.25, 0.3) is 0 Å². The Morgan fingerprint density at radius 1 is 1.67 bits per heavy atom. The molecular formula is C11H15NO3. The van der Waals surface area contributed by atoms with E-state index in [2.05, 4.69) is 4.98 Å². The number of aliphatic hydroxyl groups is 1. The number of aliphatic carboxylic acids is 1. The van der Waals surface area contributed by atoms with Crippen LogP contribution >= 0.6 is 0 Å². The fourth-order valence-electron chi connectivity index (χ4n) is 1.68. The molecule has 1 aromatic rings. The maximum Gasteiger partial charge on any atom is 0.309 e. The Morgan fingerprint density at radius 3 is 2.73 bits per heavy atom. The van der Waals surface area contributed by atoms with E-state index in [9.17, 15) is 9.90 Å². The van der Waals surface area contributed by atoms with E-state index in [4.69, 9.17) is 5.11 Å². The lowest BCUT2D eigenvalue weighted by molar-refractivity contribution is -0.152. The highest BCUT2D eigenvalue weighted by molar-refractivity contribution is 5.71. The van der Waals surface area contributed by atoms with Gasteiger partial charge in [0.05, 0.1) is 5.92 Å². The molecule has 1 heterocycles. The van der Waals surface area contributed by atoms with E-state index >= 15 is 0 Å². The lowest BCUT2D eigenvalue weighted by atomic mass is 9.82. The quantitative estimate of drug-likeness (QED) is 0.786. The Bertz CT molecular complexity index is 335. The van der Waals surface area contributed by atoms with E-state index in [0.717, 1.165) is 0 Å². The zero-order chi connectivity index (χ0) is 11.5. The van der Waals surface area contributed by atoms with Gasteiger partial charge in [0.2, 0.25) is 0 Å². The van der Waals surface area contributed by atoms with Crippen LogP contribution in [-0.2, 0) is 10.4 Å². The second-order valence-corrected chi connectivity index (χ2v) is 3.69. The van der Waals surface area contributed by atoms with E-state index in [-0.39, 0.29) is 0 Å². The van der Waals surface area contributed by atoms with Crippen LogP contribution in [0, 0.1) is 5.92 Å². The van der Waals surface area contributed by atoms with Crippen LogP contribution in [0.15, 0.2) is 24.5 Å². The van der Waals surface area contributed by atoms with Gasteiger partial charge in [0.15, 0.2) is 0 Å². The summed E-state index contributed by atoms with van der Waals surface area (Å²) in [6.07, 6.45) is 3.45. The molecule has 0 radical (unpaired) electrons. The number of carboxylic acid groups (broad SMARTS) is 1. The molecule has 4 nitrogen and oxygen atoms in total. The third-order valence-electron chi connectivity index (χ3n) is 2.63. The van der Waals surface area contributed by atoms with Crippen molar-refractivity contribution in [2.24, 2.45) is 5.92 Å². The molecule has 15 heavy (non-hydrogen) atoms. The van der Waals surface area contributed by atoms with Crippen LogP contribution in [-0.4, -0.2) is 21.2 Å². The topological polar surface area (TPSA) is 70.4 Å². The summed E-state index contributed by atoms with van der Waals surface area (Å²) in [6.45, 7) is 3.25. The van der Waals surface area contributed by atoms with Crippen LogP contribution in [0.25, 0.3) is 0 Å². The Morgan fingerprint density at radius 2 is 2.33 bits per heavy atom. The van der Waals surface area contributed by atoms with E-state index in [1.165, 1.54) is 13.1 Å². The van der Waals surface area contributed by atoms with Crippen molar-refractivity contribution in [3.05, 3.63) is 30.1 Å². The van der Waals surface area contributed by atoms with E-state index < -0.39 is 17.5 Å². The number of hydrogen-bond donors (Lipinski definition) is 2. The summed E-state index contributed by atoms with van der Waals surface area (Å²) in [7, 11) is 0. The summed E-state index contributed by atoms with van der Waals surface area (Å²) in [4.78, 5) is 14.8. The third-order valence-corrected chi connectivity index (χ3v) is 2.63. The highest BCUT2D eigenvalue weighted by Crippen LogP contribution is 2.31. The minimum absolute atomic E-state index is 0.372. The highest BCUT2D eigenvalue weighted by atomic mass is 16.4. The van der Waals surface area contributed by atoms with Crippen LogP contribution < -0.4 is 0 Å². The van der Waals surface area contributed by atoms with Crippen molar-refractivity contribution in [3.63, 3.8) is 0 Å². The van der Waals surface area contributed by atoms with Gasteiger partial charge in [-0.3, -0.25) is 9.78 Å². The van der Waals surface area contributed by atoms with Gasteiger partial charge >= 0.3 is 5.97 Å². The molecule has 0 saturated carbocycles. The first-order valence-electron chi connectivity index (χ1n) is 4.85. The molecule has 1 rings (SSSR count). The second-order valence-electron chi connectivity index (χ2n) is 3.69. The molecule has 0 aliphatic rings. The zero-order valence-electron chi connectivity index (χ0n) is 8.84. The van der Waals surface area contributed by atoms with Gasteiger partial charge in [-0.1, -0.05) is 13.0 Å². The first-order chi connectivity index (χ1) is 7.00. The third kappa shape index (κ3) is 2.33. The summed E-state index contributed by atoms with van der Waals surface area (Å²) >= 11 is 0. The molecule has 2 atom stereocenters. The van der Waals surface area contributed by atoms with Crippen molar-refractivity contribution >= 4 is 5.97 Å². The Hall–Kier alpha value is -1.42. The molecule has 1 aromatic heterocycles. The molecule has 0 bridgehead atoms. The molecule has 0 aromatic carbocycles. The summed E-state index contributed by atoms with van der Waals surface area (Å²) < 4.78 is 0. The van der Waals surface area contributed by atoms with Crippen LogP contribution in [0.5, 0.6) is 0 Å². The minimum atomic E-state index is -1.38. The van der Waals surface area contributed by atoms with E-state index in [1.807, 2.05) is 0 Å². The van der Waals surface area contributed by atoms with Gasteiger partial charge in [-0.25, -0.2) is 0 Å². The summed E-state index contributed by atoms with van der Waals surface area (Å²) in [5, 5.41) is 19.2. The van der Waals surface area contributed by atoms with Crippen molar-refractivity contribution in [1.82, 2.24) is 4.98 Å². The monoisotopic (exact) mass is 209 g/mol. The van der Waals surface area contributed by atoms with Gasteiger partial charge in [-0.2, -0.15) is 0 Å². The van der Waals surface area contributed by atoms with Gasteiger partial charge in [-0.05, 0) is 19.4 Å². The molecule has 0 aliphatic carbocycles. The van der Waals surface area contributed by atoms with Gasteiger partial charge < -0.3 is 10.2 Å². The van der Waals surface area contributed by atoms with Gasteiger partial charge in [0, 0.05) is 18.0 Å². The normalized spacial score (nSPS) is 16.7. The molecule has 0 saturated heterocycles. The number of hydrogen-bond acceptors (Lipinski definition) is 3. The molecule has 4 heteroatoms. The number of pyridine rings is 1. The van der Waals surface area contributed by atoms with Crippen molar-refractivity contribution in [1.29, 1.82) is 0 Å². The number of carboxylic acids is 1. The average Bonchev–Trinajstić information content (AvgIpc) is 2.19. The first kappa shape index (κ1) is 11.7. The smallest absolute Gasteiger partial charge is 0.309 e. The maximum atomic E-state index is 11.0. The molecule has 82 valence electrons. The number of rotatable bonds is 4. The molecule has 2 N–H and O–H groups in total. The SMILES string of the molecule is CCC(C(=O)O)C(C)(O)c1cccnc1. The number of nitrogens with zero attached hydrogens (tertiary/aromatic N) is 1. The molecule has 0 aliphatic heterocycles. The van der Waals surface area contributed by atoms with Crippen LogP contribution in [0.4, 0.5) is 0 Å². The lowest BCUT2D eigenvalue weighted by Gasteiger charge is -2.29. The first-order valence-corrected chi connectivity index (χ1v) is 4.85. The Kier molecular flexibility index (Phi) is 3.42. The predicted octanol–water partition coefficient (Wildman–Crippen LogP) is 1.40. The summed E-state index contributed by atoms with van der Waals surface area (Å²) in [5.41, 5.74) is -0.853. The standard InChI is InChI=1S/C11H15NO3/c1-3-9(10(13)14)11(2,15)8-5-4-6-12-7-8/h4-7,9,15H,3H2,1-2H3,(H,13,14). The van der Waals surface area contributed by atoms with Crippen molar-refractivity contribution in [2.75, 3.05) is 0 Å². The van der Waals surface area contributed by atoms with Crippen molar-refractivity contribution in [3.8, 4) is 0 Å². The second kappa shape index (κ2) is 4.40. The largest absolute Gasteiger partial charge is 0.481 e. The fourth-order valence-corrected chi connectivity index (χ4v) is 1.68. The van der Waals surface area contributed by atoms with Crippen LogP contribution in [0.3, 0.4) is 0 Å².